The van der Waals surface area contributed by atoms with Crippen LogP contribution in [0.1, 0.15) is 12.5 Å². The van der Waals surface area contributed by atoms with Crippen molar-refractivity contribution in [3.05, 3.63) is 28.8 Å². The molecule has 0 saturated carbocycles. The number of nitrogens with zero attached hydrogens (tertiary/aromatic N) is 1. The highest BCUT2D eigenvalue weighted by Crippen LogP contribution is 2.37. The van der Waals surface area contributed by atoms with Crippen LogP contribution < -0.4 is 5.32 Å². The number of rotatable bonds is 2. The van der Waals surface area contributed by atoms with E-state index in [0.29, 0.717) is 12.6 Å². The first-order valence-electron chi connectivity index (χ1n) is 6.22. The molecule has 0 aliphatic carbocycles. The first-order valence-corrected chi connectivity index (χ1v) is 8.04. The standard InChI is InChI=1S/C12H14ClF3N2O2S.ClH/c1-8-7-18(5-4-17-8)21(19,20)11-3-2-9(13)6-10(11)12(14,15)16;/h2-3,6,8,17H,4-5,7H2,1H3;1H. The lowest BCUT2D eigenvalue weighted by Gasteiger charge is -2.31. The van der Waals surface area contributed by atoms with E-state index in [1.54, 1.807) is 6.92 Å². The summed E-state index contributed by atoms with van der Waals surface area (Å²) in [5.41, 5.74) is -1.24. The molecular weight excluding hydrogens is 364 g/mol. The van der Waals surface area contributed by atoms with Crippen LogP contribution in [0.5, 0.6) is 0 Å². The maximum Gasteiger partial charge on any atom is 0.417 e. The molecule has 0 aromatic heterocycles. The van der Waals surface area contributed by atoms with Crippen LogP contribution >= 0.6 is 24.0 Å². The quantitative estimate of drug-likeness (QED) is 0.860. The van der Waals surface area contributed by atoms with E-state index >= 15 is 0 Å². The van der Waals surface area contributed by atoms with Crippen LogP contribution in [0.2, 0.25) is 5.02 Å². The third kappa shape index (κ3) is 4.05. The van der Waals surface area contributed by atoms with Gasteiger partial charge in [0.25, 0.3) is 0 Å². The third-order valence-corrected chi connectivity index (χ3v) is 5.35. The predicted octanol–water partition coefficient (Wildman–Crippen LogP) is 2.76. The molecule has 0 spiro atoms. The first kappa shape index (κ1) is 19.5. The van der Waals surface area contributed by atoms with E-state index in [2.05, 4.69) is 5.32 Å². The molecule has 126 valence electrons. The first-order chi connectivity index (χ1) is 9.62. The van der Waals surface area contributed by atoms with Crippen molar-refractivity contribution in [1.82, 2.24) is 9.62 Å². The van der Waals surface area contributed by atoms with E-state index in [1.807, 2.05) is 0 Å². The molecule has 4 nitrogen and oxygen atoms in total. The SMILES string of the molecule is CC1CN(S(=O)(=O)c2ccc(Cl)cc2C(F)(F)F)CCN1.Cl. The summed E-state index contributed by atoms with van der Waals surface area (Å²) in [4.78, 5) is -0.756. The molecule has 1 aromatic rings. The summed E-state index contributed by atoms with van der Waals surface area (Å²) in [6.07, 6.45) is -4.78. The normalized spacial score (nSPS) is 20.5. The van der Waals surface area contributed by atoms with E-state index in [4.69, 9.17) is 11.6 Å². The fraction of sp³-hybridized carbons (Fsp3) is 0.500. The molecule has 1 N–H and O–H groups in total. The Morgan fingerprint density at radius 2 is 2.00 bits per heavy atom. The number of benzene rings is 1. The average Bonchev–Trinajstić information content (AvgIpc) is 2.37. The van der Waals surface area contributed by atoms with Crippen LogP contribution in [0.4, 0.5) is 13.2 Å². The van der Waals surface area contributed by atoms with Crippen LogP contribution in [0.25, 0.3) is 0 Å². The lowest BCUT2D eigenvalue weighted by molar-refractivity contribution is -0.139. The summed E-state index contributed by atoms with van der Waals surface area (Å²) < 4.78 is 65.1. The van der Waals surface area contributed by atoms with Gasteiger partial charge < -0.3 is 5.32 Å². The third-order valence-electron chi connectivity index (χ3n) is 3.20. The van der Waals surface area contributed by atoms with Crippen molar-refractivity contribution in [2.24, 2.45) is 0 Å². The van der Waals surface area contributed by atoms with Gasteiger partial charge in [0, 0.05) is 30.7 Å². The van der Waals surface area contributed by atoms with Gasteiger partial charge in [-0.3, -0.25) is 0 Å². The molecule has 1 aromatic carbocycles. The summed E-state index contributed by atoms with van der Waals surface area (Å²) >= 11 is 5.56. The molecule has 1 heterocycles. The minimum absolute atomic E-state index is 0. The number of hydrogen-bond acceptors (Lipinski definition) is 3. The maximum absolute atomic E-state index is 13.0. The molecule has 1 saturated heterocycles. The maximum atomic E-state index is 13.0. The molecule has 2 rings (SSSR count). The van der Waals surface area contributed by atoms with Gasteiger partial charge in [-0.1, -0.05) is 11.6 Å². The second-order valence-electron chi connectivity index (χ2n) is 4.86. The van der Waals surface area contributed by atoms with Crippen molar-refractivity contribution in [2.75, 3.05) is 19.6 Å². The van der Waals surface area contributed by atoms with Crippen molar-refractivity contribution in [2.45, 2.75) is 24.0 Å². The Bertz CT molecular complexity index is 638. The molecule has 1 fully saturated rings. The van der Waals surface area contributed by atoms with Gasteiger partial charge in [-0.25, -0.2) is 8.42 Å². The molecule has 10 heteroatoms. The highest BCUT2D eigenvalue weighted by atomic mass is 35.5. The second-order valence-corrected chi connectivity index (χ2v) is 7.20. The summed E-state index contributed by atoms with van der Waals surface area (Å²) in [5, 5.41) is 2.88. The topological polar surface area (TPSA) is 49.4 Å². The van der Waals surface area contributed by atoms with Crippen LogP contribution in [-0.4, -0.2) is 38.4 Å². The molecule has 1 unspecified atom stereocenters. The number of alkyl halides is 3. The molecule has 22 heavy (non-hydrogen) atoms. The Hall–Kier alpha value is -0.540. The predicted molar refractivity (Wildman–Crippen MR) is 79.9 cm³/mol. The molecule has 0 amide bonds. The van der Waals surface area contributed by atoms with Gasteiger partial charge in [0.05, 0.1) is 10.5 Å². The Morgan fingerprint density at radius 1 is 1.36 bits per heavy atom. The molecular formula is C12H15Cl2F3N2O2S. The van der Waals surface area contributed by atoms with Crippen molar-refractivity contribution < 1.29 is 21.6 Å². The van der Waals surface area contributed by atoms with Gasteiger partial charge in [0.15, 0.2) is 0 Å². The number of hydrogen-bond donors (Lipinski definition) is 1. The van der Waals surface area contributed by atoms with Gasteiger partial charge in [-0.2, -0.15) is 17.5 Å². The van der Waals surface area contributed by atoms with Gasteiger partial charge in [-0.15, -0.1) is 12.4 Å². The van der Waals surface area contributed by atoms with E-state index in [9.17, 15) is 21.6 Å². The van der Waals surface area contributed by atoms with Crippen molar-refractivity contribution >= 4 is 34.0 Å². The lowest BCUT2D eigenvalue weighted by atomic mass is 10.2. The van der Waals surface area contributed by atoms with Crippen LogP contribution in [-0.2, 0) is 16.2 Å². The molecule has 1 aliphatic heterocycles. The minimum atomic E-state index is -4.78. The van der Waals surface area contributed by atoms with Crippen molar-refractivity contribution in [1.29, 1.82) is 0 Å². The highest BCUT2D eigenvalue weighted by molar-refractivity contribution is 7.89. The van der Waals surface area contributed by atoms with Gasteiger partial charge >= 0.3 is 6.18 Å². The fourth-order valence-electron chi connectivity index (χ4n) is 2.20. The summed E-state index contributed by atoms with van der Waals surface area (Å²) in [5.74, 6) is 0. The van der Waals surface area contributed by atoms with Gasteiger partial charge in [0.1, 0.15) is 0 Å². The zero-order valence-electron chi connectivity index (χ0n) is 11.5. The Balaban J connectivity index is 0.00000242. The van der Waals surface area contributed by atoms with E-state index in [1.165, 1.54) is 0 Å². The van der Waals surface area contributed by atoms with Crippen molar-refractivity contribution in [3.63, 3.8) is 0 Å². The largest absolute Gasteiger partial charge is 0.417 e. The molecule has 0 radical (unpaired) electrons. The number of halogens is 5. The molecule has 1 aliphatic rings. The summed E-state index contributed by atoms with van der Waals surface area (Å²) in [6, 6.07) is 2.58. The zero-order chi connectivity index (χ0) is 15.8. The monoisotopic (exact) mass is 378 g/mol. The fourth-order valence-corrected chi connectivity index (χ4v) is 4.10. The Labute approximate surface area is 138 Å². The van der Waals surface area contributed by atoms with Crippen molar-refractivity contribution in [3.8, 4) is 0 Å². The van der Waals surface area contributed by atoms with E-state index in [0.717, 1.165) is 16.4 Å². The second kappa shape index (κ2) is 6.92. The Kier molecular flexibility index (Phi) is 6.14. The van der Waals surface area contributed by atoms with E-state index < -0.39 is 26.7 Å². The zero-order valence-corrected chi connectivity index (χ0v) is 13.9. The van der Waals surface area contributed by atoms with Gasteiger partial charge in [-0.05, 0) is 25.1 Å². The number of piperazine rings is 1. The van der Waals surface area contributed by atoms with Crippen LogP contribution in [0, 0.1) is 0 Å². The average molecular weight is 379 g/mol. The highest BCUT2D eigenvalue weighted by Gasteiger charge is 2.40. The number of sulfonamides is 1. The molecule has 0 bridgehead atoms. The minimum Gasteiger partial charge on any atom is -0.312 e. The lowest BCUT2D eigenvalue weighted by Crippen LogP contribution is -2.51. The van der Waals surface area contributed by atoms with Crippen LogP contribution in [0.15, 0.2) is 23.1 Å². The smallest absolute Gasteiger partial charge is 0.312 e. The summed E-state index contributed by atoms with van der Waals surface area (Å²) in [6.45, 7) is 2.43. The number of nitrogens with one attached hydrogen (secondary N) is 1. The molecule has 1 atom stereocenters. The summed E-state index contributed by atoms with van der Waals surface area (Å²) in [7, 11) is -4.21. The van der Waals surface area contributed by atoms with Crippen LogP contribution in [0.3, 0.4) is 0 Å². The van der Waals surface area contributed by atoms with E-state index in [-0.39, 0.29) is 36.6 Å². The van der Waals surface area contributed by atoms with Gasteiger partial charge in [0.2, 0.25) is 10.0 Å². The Morgan fingerprint density at radius 3 is 2.55 bits per heavy atom.